The minimum atomic E-state index is -4.07. The summed E-state index contributed by atoms with van der Waals surface area (Å²) < 4.78 is 53.2. The molecule has 0 saturated carbocycles. The van der Waals surface area contributed by atoms with Crippen LogP contribution in [-0.2, 0) is 41.2 Å². The van der Waals surface area contributed by atoms with Gasteiger partial charge in [0.1, 0.15) is 41.6 Å². The Balaban J connectivity index is 0.000000925. The second-order valence-electron chi connectivity index (χ2n) is 14.2. The number of aromatic amines is 2. The maximum Gasteiger partial charge on any atom is 0.380 e. The highest BCUT2D eigenvalue weighted by molar-refractivity contribution is 14.1. The fourth-order valence-electron chi connectivity index (χ4n) is 6.17. The molecule has 1 aromatic carbocycles. The lowest BCUT2D eigenvalue weighted by Crippen LogP contribution is -2.33. The molecule has 364 valence electrons. The lowest BCUT2D eigenvalue weighted by Gasteiger charge is -2.37. The molecule has 3 aliphatic rings. The first-order valence-electron chi connectivity index (χ1n) is 18.7. The first-order chi connectivity index (χ1) is 29.2. The number of hydrogen-bond donors (Lipinski definition) is 10. The van der Waals surface area contributed by atoms with Gasteiger partial charge in [-0.3, -0.25) is 37.8 Å². The summed E-state index contributed by atoms with van der Waals surface area (Å²) in [5.74, 6) is 8.36. The molecule has 0 spiro atoms. The van der Waals surface area contributed by atoms with Gasteiger partial charge < -0.3 is 55.8 Å². The number of hydrogen-bond acceptors (Lipinski definition) is 17. The van der Waals surface area contributed by atoms with E-state index in [1.807, 2.05) is 38.1 Å². The monoisotopic (exact) mass is 1090 g/mol. The molecule has 0 amide bonds. The Bertz CT molecular complexity index is 2440. The van der Waals surface area contributed by atoms with E-state index in [1.165, 1.54) is 17.0 Å². The molecule has 7 unspecified atom stereocenters. The van der Waals surface area contributed by atoms with Crippen molar-refractivity contribution < 1.29 is 63.3 Å². The van der Waals surface area contributed by atoms with Crippen molar-refractivity contribution >= 4 is 50.2 Å². The third-order valence-electron chi connectivity index (χ3n) is 9.15. The van der Waals surface area contributed by atoms with Gasteiger partial charge in [-0.2, -0.15) is 0 Å². The molecule has 2 aromatic heterocycles. The molecule has 27 heteroatoms. The van der Waals surface area contributed by atoms with Crippen LogP contribution < -0.4 is 33.2 Å². The van der Waals surface area contributed by atoms with Gasteiger partial charge in [0.2, 0.25) is 0 Å². The van der Waals surface area contributed by atoms with Gasteiger partial charge in [-0.15, -0.1) is 12.3 Å². The van der Waals surface area contributed by atoms with E-state index in [-0.39, 0.29) is 63.1 Å². The minimum absolute atomic E-state index is 0. The standard InChI is InChI=1S/C14H19N2O8P.C14H17O3P.C9H11IN2O5.CH4.HNS.H3N.H2O/c17-8-11-10(18)6-12(24-11)16-7-9(13(19)15-14(16)20)4-2-1-3-5-25(21,22)23;1-4-5-8-11-18(15)16-13-10-7-6-9-12(13)14(2,3)17-18;10-4-2-12(9(16)11-8(4)15)7-1-5(14)6(3-13)17-7;;1-2;;/h7,10-12,17-18H,1,3,5-6,8H2,(H,15,19,20)(H2,21,22,23);1,6-7,9-10H,5,8,11H2,2-3H3;2,5-7,13-14H,1,3H2,(H,11,15,16);1H4;1H;1H3;1H2. The van der Waals surface area contributed by atoms with Crippen LogP contribution in [0.5, 0.6) is 5.75 Å². The maximum absolute atomic E-state index is 12.6. The lowest BCUT2D eigenvalue weighted by molar-refractivity contribution is -0.0459. The SMILES string of the molecule is C.C#CCCCP1(=O)Oc2ccccc2C(C)(C)O1.N.N=S.O.O=c1[nH]c(=O)n(C2CC(O)C(CO)O2)cc1C#CCCCP(=O)(O)O.O=c1[nH]c(=O)n(C2CC(O)C(CO)O2)cc1I. The number of rotatable bonds is 10. The Hall–Kier alpha value is -3.73. The van der Waals surface area contributed by atoms with Crippen molar-refractivity contribution in [2.75, 3.05) is 25.5 Å². The highest BCUT2D eigenvalue weighted by Gasteiger charge is 2.42. The van der Waals surface area contributed by atoms with Crippen LogP contribution in [0.3, 0.4) is 0 Å². The maximum atomic E-state index is 12.6. The van der Waals surface area contributed by atoms with E-state index < -0.39 is 86.8 Å². The van der Waals surface area contributed by atoms with Crippen LogP contribution in [0, 0.1) is 32.5 Å². The van der Waals surface area contributed by atoms with Crippen molar-refractivity contribution in [2.45, 2.75) is 102 Å². The summed E-state index contributed by atoms with van der Waals surface area (Å²) in [7, 11) is -7.17. The van der Waals surface area contributed by atoms with Gasteiger partial charge in [-0.25, -0.2) is 18.9 Å². The molecule has 5 heterocycles. The van der Waals surface area contributed by atoms with E-state index in [9.17, 15) is 38.5 Å². The number of nitrogens with zero attached hydrogens (tertiary/aromatic N) is 2. The fourth-order valence-corrected chi connectivity index (χ4v) is 9.19. The Morgan fingerprint density at radius 2 is 1.46 bits per heavy atom. The number of H-pyrrole nitrogens is 2. The summed E-state index contributed by atoms with van der Waals surface area (Å²) in [6.45, 7) is 3.10. The normalized spacial score (nSPS) is 23.3. The number of unbranched alkanes of at least 4 members (excludes halogenated alkanes) is 2. The average molecular weight is 1090 g/mol. The summed E-state index contributed by atoms with van der Waals surface area (Å²) >= 11 is 5.14. The third kappa shape index (κ3) is 17.8. The highest BCUT2D eigenvalue weighted by Crippen LogP contribution is 2.59. The average Bonchev–Trinajstić information content (AvgIpc) is 3.78. The first-order valence-corrected chi connectivity index (χ1v) is 23.7. The molecule has 3 aromatic rings. The highest BCUT2D eigenvalue weighted by atomic mass is 127. The Morgan fingerprint density at radius 1 is 0.938 bits per heavy atom. The predicted octanol–water partition coefficient (Wildman–Crippen LogP) is 1.47. The number of para-hydroxylation sites is 1. The Labute approximate surface area is 392 Å². The summed E-state index contributed by atoms with van der Waals surface area (Å²) in [6.07, 6.45) is 4.91. The number of fused-ring (bicyclic) bond motifs is 1. The Morgan fingerprint density at radius 3 is 1.97 bits per heavy atom. The number of terminal acetylenes is 1. The van der Waals surface area contributed by atoms with Crippen molar-refractivity contribution in [1.29, 1.82) is 4.78 Å². The van der Waals surface area contributed by atoms with Gasteiger partial charge in [-0.05, 0) is 55.3 Å². The van der Waals surface area contributed by atoms with E-state index in [0.717, 1.165) is 10.1 Å². The minimum Gasteiger partial charge on any atom is -0.424 e. The zero-order valence-corrected chi connectivity index (χ0v) is 39.4. The van der Waals surface area contributed by atoms with Crippen molar-refractivity contribution in [3.63, 3.8) is 0 Å². The number of aliphatic hydroxyl groups is 4. The Kier molecular flexibility index (Phi) is 26.2. The van der Waals surface area contributed by atoms with Gasteiger partial charge >= 0.3 is 26.6 Å². The number of aliphatic hydroxyl groups excluding tert-OH is 4. The van der Waals surface area contributed by atoms with Crippen LogP contribution in [0.2, 0.25) is 0 Å². The van der Waals surface area contributed by atoms with E-state index in [1.54, 1.807) is 22.6 Å². The number of ether oxygens (including phenoxy) is 2. The quantitative estimate of drug-likeness (QED) is 0.0595. The van der Waals surface area contributed by atoms with Crippen molar-refractivity contribution in [3.05, 3.63) is 93.0 Å². The van der Waals surface area contributed by atoms with Crippen LogP contribution in [0.1, 0.15) is 83.4 Å². The van der Waals surface area contributed by atoms with Gasteiger partial charge in [0.25, 0.3) is 11.1 Å². The molecule has 0 bridgehead atoms. The smallest absolute Gasteiger partial charge is 0.380 e. The molecule has 0 aliphatic carbocycles. The molecule has 65 heavy (non-hydrogen) atoms. The van der Waals surface area contributed by atoms with Gasteiger partial charge in [-0.1, -0.05) is 37.5 Å². The molecule has 0 radical (unpaired) electrons. The van der Waals surface area contributed by atoms with Crippen LogP contribution in [0.25, 0.3) is 0 Å². The zero-order chi connectivity index (χ0) is 46.4. The topological polar surface area (TPSA) is 393 Å². The second kappa shape index (κ2) is 27.8. The van der Waals surface area contributed by atoms with Crippen molar-refractivity contribution in [2.24, 2.45) is 0 Å². The summed E-state index contributed by atoms with van der Waals surface area (Å²) in [4.78, 5) is 68.2. The summed E-state index contributed by atoms with van der Waals surface area (Å²) in [5, 5.41) is 37.3. The molecule has 6 rings (SSSR count). The zero-order valence-electron chi connectivity index (χ0n) is 34.6. The number of benzene rings is 1. The lowest BCUT2D eigenvalue weighted by atomic mass is 9.98. The van der Waals surface area contributed by atoms with E-state index in [0.29, 0.717) is 28.3 Å². The molecule has 2 fully saturated rings. The van der Waals surface area contributed by atoms with Crippen molar-refractivity contribution in [3.8, 4) is 29.9 Å². The molecular formula is C38H57IN6O17P2S. The summed E-state index contributed by atoms with van der Waals surface area (Å²) in [5.41, 5.74) is -2.15. The molecule has 7 atom stereocenters. The predicted molar refractivity (Wildman–Crippen MR) is 249 cm³/mol. The van der Waals surface area contributed by atoms with Crippen LogP contribution in [0.15, 0.2) is 55.8 Å². The summed E-state index contributed by atoms with van der Waals surface area (Å²) in [6, 6.07) is 7.54. The number of aromatic nitrogens is 4. The molecular weight excluding hydrogens is 1030 g/mol. The van der Waals surface area contributed by atoms with Gasteiger partial charge in [0.05, 0.1) is 41.3 Å². The van der Waals surface area contributed by atoms with E-state index in [2.05, 4.69) is 40.2 Å². The van der Waals surface area contributed by atoms with Gasteiger partial charge in [0.15, 0.2) is 0 Å². The number of nitrogens with one attached hydrogen (secondary N) is 3. The van der Waals surface area contributed by atoms with E-state index >= 15 is 0 Å². The van der Waals surface area contributed by atoms with Crippen molar-refractivity contribution in [1.82, 2.24) is 25.3 Å². The van der Waals surface area contributed by atoms with Crippen LogP contribution in [0.4, 0.5) is 0 Å². The first kappa shape index (κ1) is 61.3. The molecule has 3 aliphatic heterocycles. The molecule has 14 N–H and O–H groups in total. The second-order valence-corrected chi connectivity index (χ2v) is 19.2. The molecule has 23 nitrogen and oxygen atoms in total. The van der Waals surface area contributed by atoms with Crippen LogP contribution in [-0.4, -0.2) is 105 Å². The van der Waals surface area contributed by atoms with E-state index in [4.69, 9.17) is 49.7 Å². The van der Waals surface area contributed by atoms with Crippen LogP contribution >= 0.6 is 37.8 Å². The third-order valence-corrected chi connectivity index (χ3v) is 12.9. The molecule has 2 saturated heterocycles. The fraction of sp³-hybridized carbons (Fsp3) is 0.526. The largest absolute Gasteiger partial charge is 0.424 e. The van der Waals surface area contributed by atoms with Gasteiger partial charge in [0, 0.05) is 56.1 Å². The number of halogens is 1.